The molecule has 0 amide bonds. The van der Waals surface area contributed by atoms with Gasteiger partial charge in [-0.05, 0) is 13.2 Å². The number of hydrogen-bond donors (Lipinski definition) is 2. The summed E-state index contributed by atoms with van der Waals surface area (Å²) < 4.78 is 10.7. The Hall–Kier alpha value is -1.24. The molecule has 0 saturated heterocycles. The van der Waals surface area contributed by atoms with Gasteiger partial charge in [-0.2, -0.15) is 0 Å². The molecule has 2 rings (SSSR count). The molecular formula is C9H16N3O4P. The first kappa shape index (κ1) is 15.8. The van der Waals surface area contributed by atoms with Crippen LogP contribution in [-0.2, 0) is 9.40 Å². The molecule has 7 nitrogen and oxygen atoms in total. The van der Waals surface area contributed by atoms with Gasteiger partial charge in [-0.3, -0.25) is 0 Å². The molecule has 8 heteroatoms. The molecule has 1 aliphatic heterocycles. The average Bonchev–Trinajstić information content (AvgIpc) is 2.67. The predicted octanol–water partition coefficient (Wildman–Crippen LogP) is 0.803. The van der Waals surface area contributed by atoms with Gasteiger partial charge in [0, 0.05) is 6.42 Å². The van der Waals surface area contributed by atoms with Crippen LogP contribution in [0, 0.1) is 0 Å². The highest BCUT2D eigenvalue weighted by molar-refractivity contribution is 7.49. The Balaban J connectivity index is 0.00000128. The van der Waals surface area contributed by atoms with Crippen molar-refractivity contribution in [3.05, 3.63) is 35.9 Å². The van der Waals surface area contributed by atoms with Gasteiger partial charge in [0.25, 0.3) is 0 Å². The molecule has 0 aromatic heterocycles. The monoisotopic (exact) mass is 261 g/mol. The van der Waals surface area contributed by atoms with Gasteiger partial charge in [-0.1, -0.05) is 35.5 Å². The molecule has 1 heterocycles. The molecular weight excluding hydrogens is 245 g/mol. The lowest BCUT2D eigenvalue weighted by Gasteiger charge is -2.33. The predicted molar refractivity (Wildman–Crippen MR) is 62.0 cm³/mol. The van der Waals surface area contributed by atoms with Gasteiger partial charge in [0.05, 0.1) is 5.71 Å². The van der Waals surface area contributed by atoms with E-state index in [4.69, 9.17) is 0 Å². The molecule has 1 atom stereocenters. The van der Waals surface area contributed by atoms with Gasteiger partial charge < -0.3 is 31.5 Å². The normalized spacial score (nSPS) is 18.5. The molecule has 0 spiro atoms. The van der Waals surface area contributed by atoms with E-state index in [9.17, 15) is 14.4 Å². The molecule has 0 radical (unpaired) electrons. The maximum Gasteiger partial charge on any atom is 0.158 e. The van der Waals surface area contributed by atoms with E-state index in [1.807, 2.05) is 6.07 Å². The molecule has 8 N–H and O–H groups in total. The van der Waals surface area contributed by atoms with Crippen LogP contribution in [0.4, 0.5) is 0 Å². The topological polar surface area (TPSA) is 158 Å². The van der Waals surface area contributed by atoms with Crippen molar-refractivity contribution in [2.24, 2.45) is 5.16 Å². The second-order valence-electron chi connectivity index (χ2n) is 3.21. The first-order valence-electron chi connectivity index (χ1n) is 4.37. The Kier molecular flexibility index (Phi) is 5.47. The summed E-state index contributed by atoms with van der Waals surface area (Å²) >= 11 is 0. The van der Waals surface area contributed by atoms with Crippen LogP contribution >= 0.6 is 7.60 Å². The summed E-state index contributed by atoms with van der Waals surface area (Å²) in [6, 6.07) is 9.01. The van der Waals surface area contributed by atoms with Crippen molar-refractivity contribution in [3.63, 3.8) is 0 Å². The maximum absolute atomic E-state index is 10.7. The van der Waals surface area contributed by atoms with Crippen LogP contribution in [0.3, 0.4) is 0 Å². The van der Waals surface area contributed by atoms with Crippen LogP contribution in [0.2, 0.25) is 0 Å². The van der Waals surface area contributed by atoms with Crippen LogP contribution in [0.5, 0.6) is 0 Å². The summed E-state index contributed by atoms with van der Waals surface area (Å²) in [4.78, 5) is 26.0. The van der Waals surface area contributed by atoms with Crippen molar-refractivity contribution in [3.8, 4) is 0 Å². The van der Waals surface area contributed by atoms with Crippen molar-refractivity contribution < 1.29 is 19.2 Å². The molecule has 1 unspecified atom stereocenters. The smallest absolute Gasteiger partial charge is 0.158 e. The lowest BCUT2D eigenvalue weighted by atomic mass is 10.1. The van der Waals surface area contributed by atoms with E-state index in [0.29, 0.717) is 5.71 Å². The number of oxime groups is 1. The summed E-state index contributed by atoms with van der Waals surface area (Å²) in [6.45, 7) is 0. The molecule has 1 aromatic carbocycles. The van der Waals surface area contributed by atoms with E-state index < -0.39 is 13.4 Å². The fraction of sp³-hybridized carbons (Fsp3) is 0.222. The molecule has 0 aliphatic carbocycles. The van der Waals surface area contributed by atoms with Gasteiger partial charge in [0.2, 0.25) is 0 Å². The van der Waals surface area contributed by atoms with Crippen LogP contribution in [-0.4, -0.2) is 11.6 Å². The minimum Gasteiger partial charge on any atom is -0.808 e. The van der Waals surface area contributed by atoms with E-state index in [0.717, 1.165) is 5.56 Å². The van der Waals surface area contributed by atoms with Gasteiger partial charge in [-0.15, -0.1) is 0 Å². The third-order valence-corrected chi connectivity index (χ3v) is 3.09. The fourth-order valence-corrected chi connectivity index (χ4v) is 1.89. The summed E-state index contributed by atoms with van der Waals surface area (Å²) in [6.07, 6.45) is 0.0221. The van der Waals surface area contributed by atoms with Crippen LogP contribution in [0.1, 0.15) is 12.0 Å². The van der Waals surface area contributed by atoms with Crippen LogP contribution in [0.25, 0.3) is 0 Å². The number of quaternary nitrogens is 2. The molecule has 17 heavy (non-hydrogen) atoms. The van der Waals surface area contributed by atoms with Gasteiger partial charge in [0.1, 0.15) is 0 Å². The van der Waals surface area contributed by atoms with Crippen LogP contribution < -0.4 is 22.1 Å². The van der Waals surface area contributed by atoms with Crippen molar-refractivity contribution >= 4 is 13.3 Å². The van der Waals surface area contributed by atoms with Gasteiger partial charge >= 0.3 is 0 Å². The number of nitrogens with zero attached hydrogens (tertiary/aromatic N) is 1. The molecule has 0 bridgehead atoms. The number of hydrogen-bond acceptors (Lipinski definition) is 5. The van der Waals surface area contributed by atoms with E-state index >= 15 is 0 Å². The van der Waals surface area contributed by atoms with Crippen LogP contribution in [0.15, 0.2) is 35.5 Å². The van der Waals surface area contributed by atoms with Gasteiger partial charge in [-0.25, -0.2) is 0 Å². The lowest BCUT2D eigenvalue weighted by molar-refractivity contribution is -0.323. The zero-order chi connectivity index (χ0) is 10.9. The highest BCUT2D eigenvalue weighted by Gasteiger charge is 2.24. The largest absolute Gasteiger partial charge is 0.808 e. The highest BCUT2D eigenvalue weighted by Crippen LogP contribution is 2.38. The zero-order valence-corrected chi connectivity index (χ0v) is 10.6. The molecule has 1 aromatic rings. The Morgan fingerprint density at radius 1 is 1.24 bits per heavy atom. The average molecular weight is 261 g/mol. The Bertz CT molecular complexity index is 431. The summed E-state index contributed by atoms with van der Waals surface area (Å²) in [5.41, 5.74) is 1.26. The second kappa shape index (κ2) is 5.90. The standard InChI is InChI=1S/C9H10NO4P.2H3N/c11-15(12,13)9-6-8(10-14-9)7-4-2-1-3-5-7;;/h1-5,9H,6H2,(H2,11,12,13);2*1H3. The number of benzene rings is 1. The summed E-state index contributed by atoms with van der Waals surface area (Å²) in [7, 11) is -4.71. The maximum atomic E-state index is 10.7. The first-order valence-corrected chi connectivity index (χ1v) is 5.98. The van der Waals surface area contributed by atoms with Crippen molar-refractivity contribution in [1.29, 1.82) is 0 Å². The minimum atomic E-state index is -4.71. The van der Waals surface area contributed by atoms with E-state index in [1.54, 1.807) is 24.3 Å². The summed E-state index contributed by atoms with van der Waals surface area (Å²) in [5.74, 6) is -1.35. The zero-order valence-electron chi connectivity index (χ0n) is 9.70. The van der Waals surface area contributed by atoms with E-state index in [2.05, 4.69) is 9.99 Å². The second-order valence-corrected chi connectivity index (χ2v) is 4.86. The molecule has 0 fully saturated rings. The van der Waals surface area contributed by atoms with Gasteiger partial charge in [0.15, 0.2) is 5.85 Å². The van der Waals surface area contributed by atoms with E-state index in [1.165, 1.54) is 0 Å². The minimum absolute atomic E-state index is 0. The molecule has 1 aliphatic rings. The third-order valence-electron chi connectivity index (χ3n) is 2.11. The summed E-state index contributed by atoms with van der Waals surface area (Å²) in [5, 5.41) is 3.60. The third kappa shape index (κ3) is 3.62. The van der Waals surface area contributed by atoms with E-state index in [-0.39, 0.29) is 18.7 Å². The molecule has 96 valence electrons. The quantitative estimate of drug-likeness (QED) is 0.754. The highest BCUT2D eigenvalue weighted by atomic mass is 31.2. The fourth-order valence-electron chi connectivity index (χ4n) is 1.34. The SMILES string of the molecule is O=P([O-])([O-])C1CC(c2ccccc2)=NO1.[NH4+].[NH4+]. The Labute approximate surface area is 98.8 Å². The van der Waals surface area contributed by atoms with Crippen molar-refractivity contribution in [2.75, 3.05) is 0 Å². The van der Waals surface area contributed by atoms with Crippen molar-refractivity contribution in [2.45, 2.75) is 12.3 Å². The molecule has 0 saturated carbocycles. The first-order chi connectivity index (χ1) is 7.07. The Morgan fingerprint density at radius 3 is 2.29 bits per heavy atom. The lowest BCUT2D eigenvalue weighted by Crippen LogP contribution is -2.26. The number of rotatable bonds is 2. The Morgan fingerprint density at radius 2 is 1.82 bits per heavy atom. The van der Waals surface area contributed by atoms with Crippen molar-refractivity contribution in [1.82, 2.24) is 12.3 Å².